The molecular weight excluding hydrogens is 883 g/mol. The molecule has 0 spiro atoms. The molecule has 15 nitrogen and oxygen atoms in total. The third-order valence-corrected chi connectivity index (χ3v) is 13.7. The molecule has 1 heterocycles. The number of rotatable bonds is 33. The molecule has 1 aliphatic heterocycles. The fourth-order valence-electron chi connectivity index (χ4n) is 10.5. The molecule has 6 atom stereocenters. The van der Waals surface area contributed by atoms with Gasteiger partial charge in [-0.15, -0.1) is 6.58 Å². The first-order valence-corrected chi connectivity index (χ1v) is 25.6. The summed E-state index contributed by atoms with van der Waals surface area (Å²) in [7, 11) is 3.06. The van der Waals surface area contributed by atoms with E-state index in [2.05, 4.69) is 24.9 Å². The SMILES string of the molecule is C=CCO[C@@]12Oc3ccc(OC(=O)Nc4ccc(OC)cc4OC)cc3[C@H]3[C@H](CCCCO)[C@@H](CCCCO)C=C(C(=NOCC)C[C@@H]1N(CCOCCO)C(=O)CCCCCCCCCCC)[C@H]32. The van der Waals surface area contributed by atoms with E-state index in [0.29, 0.717) is 60.3 Å². The molecule has 5 rings (SSSR count). The maximum Gasteiger partial charge on any atom is 0.417 e. The van der Waals surface area contributed by atoms with Gasteiger partial charge in [0, 0.05) is 50.1 Å². The van der Waals surface area contributed by atoms with Crippen LogP contribution in [0.4, 0.5) is 10.5 Å². The zero-order valence-electron chi connectivity index (χ0n) is 41.8. The van der Waals surface area contributed by atoms with E-state index >= 15 is 0 Å². The van der Waals surface area contributed by atoms with E-state index in [1.165, 1.54) is 39.2 Å². The monoisotopic (exact) mass is 964 g/mol. The number of unbranched alkanes of at least 4 members (excludes halogenated alkanes) is 10. The number of carbonyl (C=O) groups excluding carboxylic acids is 2. The van der Waals surface area contributed by atoms with Gasteiger partial charge in [0.1, 0.15) is 35.6 Å². The van der Waals surface area contributed by atoms with Crippen LogP contribution in [0, 0.1) is 17.8 Å². The Labute approximate surface area is 410 Å². The van der Waals surface area contributed by atoms with Crippen molar-refractivity contribution in [2.45, 2.75) is 141 Å². The number of oxime groups is 1. The van der Waals surface area contributed by atoms with E-state index in [0.717, 1.165) is 62.5 Å². The van der Waals surface area contributed by atoms with Crippen molar-refractivity contribution in [1.82, 2.24) is 4.90 Å². The summed E-state index contributed by atoms with van der Waals surface area (Å²) in [6.07, 6.45) is 18.3. The lowest BCUT2D eigenvalue weighted by molar-refractivity contribution is -0.258. The van der Waals surface area contributed by atoms with Crippen molar-refractivity contribution in [3.63, 3.8) is 0 Å². The summed E-state index contributed by atoms with van der Waals surface area (Å²) in [6.45, 7) is 9.12. The Hall–Kier alpha value is -4.67. The van der Waals surface area contributed by atoms with Gasteiger partial charge in [-0.25, -0.2) is 4.79 Å². The zero-order valence-corrected chi connectivity index (χ0v) is 41.8. The van der Waals surface area contributed by atoms with Gasteiger partial charge in [-0.05, 0) is 86.8 Å². The normalized spacial score (nSPS) is 21.9. The summed E-state index contributed by atoms with van der Waals surface area (Å²) in [5, 5.41) is 37.2. The van der Waals surface area contributed by atoms with Crippen LogP contribution in [-0.2, 0) is 19.1 Å². The van der Waals surface area contributed by atoms with E-state index in [4.69, 9.17) is 38.4 Å². The van der Waals surface area contributed by atoms with Crippen LogP contribution in [0.5, 0.6) is 23.0 Å². The van der Waals surface area contributed by atoms with E-state index < -0.39 is 23.8 Å². The summed E-state index contributed by atoms with van der Waals surface area (Å²) in [5.41, 5.74) is 2.82. The highest BCUT2D eigenvalue weighted by Gasteiger charge is 2.65. The predicted octanol–water partition coefficient (Wildman–Crippen LogP) is 9.73. The van der Waals surface area contributed by atoms with Gasteiger partial charge in [0.25, 0.3) is 0 Å². The molecule has 1 fully saturated rings. The Bertz CT molecular complexity index is 1960. The number of methoxy groups -OCH3 is 2. The summed E-state index contributed by atoms with van der Waals surface area (Å²) in [4.78, 5) is 36.3. The molecule has 0 unspecified atom stereocenters. The molecule has 1 saturated carbocycles. The summed E-state index contributed by atoms with van der Waals surface area (Å²) < 4.78 is 37.2. The van der Waals surface area contributed by atoms with Crippen molar-refractivity contribution in [2.24, 2.45) is 22.9 Å². The van der Waals surface area contributed by atoms with Crippen LogP contribution in [-0.4, -0.2) is 117 Å². The average molecular weight is 964 g/mol. The van der Waals surface area contributed by atoms with Crippen LogP contribution in [0.2, 0.25) is 0 Å². The Balaban J connectivity index is 1.63. The Morgan fingerprint density at radius 1 is 0.870 bits per heavy atom. The number of fused-ring (bicyclic) bond motifs is 2. The molecule has 0 aromatic heterocycles. The first kappa shape index (κ1) is 55.3. The third kappa shape index (κ3) is 14.9. The van der Waals surface area contributed by atoms with Crippen molar-refractivity contribution in [3.8, 4) is 23.0 Å². The number of nitrogens with one attached hydrogen (secondary N) is 1. The van der Waals surface area contributed by atoms with Crippen LogP contribution in [0.15, 0.2) is 65.9 Å². The number of benzene rings is 2. The molecule has 2 amide bonds. The number of ether oxygens (including phenoxy) is 6. The molecule has 0 saturated heterocycles. The van der Waals surface area contributed by atoms with Gasteiger partial charge in [-0.2, -0.15) is 0 Å². The summed E-state index contributed by atoms with van der Waals surface area (Å²) in [6, 6.07) is 9.73. The number of hydrogen-bond donors (Lipinski definition) is 4. The highest BCUT2D eigenvalue weighted by Crippen LogP contribution is 2.62. The molecule has 384 valence electrons. The van der Waals surface area contributed by atoms with E-state index in [-0.39, 0.29) is 76.3 Å². The summed E-state index contributed by atoms with van der Waals surface area (Å²) >= 11 is 0. The first-order valence-electron chi connectivity index (χ1n) is 25.6. The van der Waals surface area contributed by atoms with Crippen LogP contribution in [0.3, 0.4) is 0 Å². The number of aliphatic hydroxyl groups is 3. The maximum atomic E-state index is 14.9. The van der Waals surface area contributed by atoms with Crippen molar-refractivity contribution < 1.29 is 58.2 Å². The Morgan fingerprint density at radius 3 is 2.28 bits per heavy atom. The van der Waals surface area contributed by atoms with Crippen LogP contribution < -0.4 is 24.3 Å². The molecular formula is C54H81N3O12. The molecule has 3 aliphatic rings. The minimum atomic E-state index is -1.45. The number of carbonyl (C=O) groups is 2. The fraction of sp³-hybridized carbons (Fsp3) is 0.648. The lowest BCUT2D eigenvalue weighted by atomic mass is 9.55. The number of nitrogens with zero attached hydrogens (tertiary/aromatic N) is 2. The number of hydrogen-bond acceptors (Lipinski definition) is 13. The molecule has 0 bridgehead atoms. The van der Waals surface area contributed by atoms with Gasteiger partial charge in [0.2, 0.25) is 11.7 Å². The highest BCUT2D eigenvalue weighted by molar-refractivity contribution is 6.03. The van der Waals surface area contributed by atoms with E-state index in [1.807, 2.05) is 24.0 Å². The van der Waals surface area contributed by atoms with Crippen LogP contribution in [0.25, 0.3) is 0 Å². The van der Waals surface area contributed by atoms with E-state index in [9.17, 15) is 24.9 Å². The second-order valence-electron chi connectivity index (χ2n) is 18.3. The van der Waals surface area contributed by atoms with Crippen molar-refractivity contribution in [3.05, 3.63) is 66.3 Å². The smallest absolute Gasteiger partial charge is 0.417 e. The van der Waals surface area contributed by atoms with Gasteiger partial charge in [0.05, 0.1) is 58.0 Å². The van der Waals surface area contributed by atoms with Gasteiger partial charge < -0.3 is 53.5 Å². The van der Waals surface area contributed by atoms with Crippen molar-refractivity contribution in [2.75, 3.05) is 72.3 Å². The Morgan fingerprint density at radius 2 is 1.59 bits per heavy atom. The molecule has 0 radical (unpaired) electrons. The van der Waals surface area contributed by atoms with Gasteiger partial charge in [-0.1, -0.05) is 88.4 Å². The molecule has 2 aromatic rings. The topological polar surface area (TPSA) is 187 Å². The maximum absolute atomic E-state index is 14.9. The van der Waals surface area contributed by atoms with Crippen molar-refractivity contribution in [1.29, 1.82) is 0 Å². The molecule has 69 heavy (non-hydrogen) atoms. The largest absolute Gasteiger partial charge is 0.497 e. The standard InChI is InChI=1S/C54H81N3O12/c1-6-9-10-11-12-13-14-15-16-23-50(61)57(28-33-65-34-31-60)49-38-46(56-67-8-3)43-35-39(21-17-19-29-58)42(22-18-20-30-59)51-44-36-41(25-27-47(44)69-54(49,52(43)51)66-32-7-2)68-53(62)55-45-26-24-40(63-4)37-48(45)64-5/h7,24-27,35-37,39,42,49,51-52,58-60H,2,6,8-23,28-34,38H2,1,3-5H3,(H,55,62)/t39-,42+,49-,51+,52+,54+/m0/s1. The lowest BCUT2D eigenvalue weighted by Crippen LogP contribution is -2.70. The van der Waals surface area contributed by atoms with Gasteiger partial charge >= 0.3 is 6.09 Å². The van der Waals surface area contributed by atoms with Crippen LogP contribution in [0.1, 0.15) is 134 Å². The highest BCUT2D eigenvalue weighted by atomic mass is 16.7. The molecule has 2 aromatic carbocycles. The Kier molecular flexibility index (Phi) is 23.6. The predicted molar refractivity (Wildman–Crippen MR) is 267 cm³/mol. The van der Waals surface area contributed by atoms with Crippen molar-refractivity contribution >= 4 is 23.4 Å². The average Bonchev–Trinajstić information content (AvgIpc) is 3.35. The number of amides is 2. The third-order valence-electron chi connectivity index (χ3n) is 13.7. The molecule has 15 heteroatoms. The second-order valence-corrected chi connectivity index (χ2v) is 18.3. The van der Waals surface area contributed by atoms with Gasteiger partial charge in [0.15, 0.2) is 0 Å². The number of allylic oxidation sites excluding steroid dienone is 1. The summed E-state index contributed by atoms with van der Waals surface area (Å²) in [5.74, 6) is -0.582. The zero-order chi connectivity index (χ0) is 49.4. The quantitative estimate of drug-likeness (QED) is 0.0302. The molecule has 2 aliphatic carbocycles. The minimum absolute atomic E-state index is 0.0181. The van der Waals surface area contributed by atoms with E-state index in [1.54, 1.807) is 37.5 Å². The fourth-order valence-corrected chi connectivity index (χ4v) is 10.5. The second kappa shape index (κ2) is 29.5. The number of aliphatic hydroxyl groups excluding tert-OH is 3. The first-order chi connectivity index (χ1) is 33.7. The lowest BCUT2D eigenvalue weighted by Gasteiger charge is -2.60. The minimum Gasteiger partial charge on any atom is -0.497 e. The van der Waals surface area contributed by atoms with Crippen LogP contribution >= 0.6 is 0 Å². The molecule has 4 N–H and O–H groups in total. The number of anilines is 1. The van der Waals surface area contributed by atoms with Gasteiger partial charge in [-0.3, -0.25) is 10.1 Å².